The summed E-state index contributed by atoms with van der Waals surface area (Å²) in [5, 5.41) is 3.17. The number of nitrogens with one attached hydrogen (secondary N) is 1. The fraction of sp³-hybridized carbons (Fsp3) is 0.357. The number of aryl methyl sites for hydroxylation is 1. The van der Waals surface area contributed by atoms with Crippen molar-refractivity contribution in [2.24, 2.45) is 7.05 Å². The molecule has 0 spiro atoms. The lowest BCUT2D eigenvalue weighted by Gasteiger charge is -2.34. The molecule has 6 nitrogen and oxygen atoms in total. The van der Waals surface area contributed by atoms with E-state index in [4.69, 9.17) is 11.6 Å². The van der Waals surface area contributed by atoms with Crippen LogP contribution >= 0.6 is 11.6 Å². The summed E-state index contributed by atoms with van der Waals surface area (Å²) in [6.07, 6.45) is 3.37. The Morgan fingerprint density at radius 3 is 2.91 bits per heavy atom. The molecule has 1 N–H and O–H groups in total. The molecule has 3 rings (SSSR count). The molecule has 2 heterocycles. The molecule has 1 aromatic heterocycles. The minimum atomic E-state index is -3.94. The smallest absolute Gasteiger partial charge is 0.245 e. The van der Waals surface area contributed by atoms with Gasteiger partial charge in [-0.05, 0) is 18.2 Å². The molecule has 1 aliphatic rings. The average Bonchev–Trinajstić information content (AvgIpc) is 2.95. The summed E-state index contributed by atoms with van der Waals surface area (Å²) in [6, 6.07) is 2.86. The van der Waals surface area contributed by atoms with Crippen LogP contribution in [0.15, 0.2) is 35.5 Å². The summed E-state index contributed by atoms with van der Waals surface area (Å²) < 4.78 is 42.6. The summed E-state index contributed by atoms with van der Waals surface area (Å²) in [5.74, 6) is -0.0232. The number of aromatic nitrogens is 2. The van der Waals surface area contributed by atoms with Gasteiger partial charge in [-0.1, -0.05) is 11.6 Å². The molecule has 0 saturated carbocycles. The number of benzene rings is 1. The molecule has 1 unspecified atom stereocenters. The number of piperazine rings is 1. The lowest BCUT2D eigenvalue weighted by Crippen LogP contribution is -2.49. The molecular formula is C14H16ClFN4O2S. The van der Waals surface area contributed by atoms with Gasteiger partial charge in [0.1, 0.15) is 16.5 Å². The van der Waals surface area contributed by atoms with Crippen LogP contribution in [0.25, 0.3) is 0 Å². The van der Waals surface area contributed by atoms with Gasteiger partial charge in [-0.15, -0.1) is 0 Å². The third-order valence-electron chi connectivity index (χ3n) is 3.83. The maximum atomic E-state index is 13.5. The van der Waals surface area contributed by atoms with Crippen molar-refractivity contribution in [2.45, 2.75) is 10.9 Å². The highest BCUT2D eigenvalue weighted by Gasteiger charge is 2.37. The number of hydrogen-bond acceptors (Lipinski definition) is 4. The molecule has 1 fully saturated rings. The van der Waals surface area contributed by atoms with Gasteiger partial charge in [-0.2, -0.15) is 4.31 Å². The summed E-state index contributed by atoms with van der Waals surface area (Å²) in [5.41, 5.74) is 0. The number of imidazole rings is 1. The second kappa shape index (κ2) is 6.20. The van der Waals surface area contributed by atoms with Crippen LogP contribution < -0.4 is 5.32 Å². The van der Waals surface area contributed by atoms with Crippen LogP contribution in [0.1, 0.15) is 11.9 Å². The van der Waals surface area contributed by atoms with Crippen molar-refractivity contribution in [1.82, 2.24) is 19.2 Å². The molecule has 2 aromatic rings. The summed E-state index contributed by atoms with van der Waals surface area (Å²) in [6.45, 7) is 1.19. The maximum absolute atomic E-state index is 13.5. The van der Waals surface area contributed by atoms with Crippen LogP contribution in [-0.4, -0.2) is 41.9 Å². The van der Waals surface area contributed by atoms with Crippen molar-refractivity contribution in [3.8, 4) is 0 Å². The highest BCUT2D eigenvalue weighted by Crippen LogP contribution is 2.31. The Balaban J connectivity index is 2.06. The van der Waals surface area contributed by atoms with Crippen LogP contribution in [0.3, 0.4) is 0 Å². The summed E-state index contributed by atoms with van der Waals surface area (Å²) >= 11 is 5.99. The molecule has 0 aliphatic carbocycles. The van der Waals surface area contributed by atoms with E-state index in [1.807, 2.05) is 0 Å². The molecule has 1 aliphatic heterocycles. The van der Waals surface area contributed by atoms with Crippen LogP contribution in [0, 0.1) is 5.82 Å². The largest absolute Gasteiger partial charge is 0.337 e. The monoisotopic (exact) mass is 358 g/mol. The quantitative estimate of drug-likeness (QED) is 0.904. The van der Waals surface area contributed by atoms with Crippen LogP contribution in [-0.2, 0) is 17.1 Å². The van der Waals surface area contributed by atoms with E-state index < -0.39 is 21.9 Å². The molecular weight excluding hydrogens is 343 g/mol. The highest BCUT2D eigenvalue weighted by atomic mass is 35.5. The predicted molar refractivity (Wildman–Crippen MR) is 84.1 cm³/mol. The van der Waals surface area contributed by atoms with Gasteiger partial charge < -0.3 is 9.88 Å². The van der Waals surface area contributed by atoms with Crippen molar-refractivity contribution in [3.05, 3.63) is 47.3 Å². The first-order chi connectivity index (χ1) is 10.9. The fourth-order valence-electron chi connectivity index (χ4n) is 2.69. The van der Waals surface area contributed by atoms with Gasteiger partial charge in [-0.3, -0.25) is 0 Å². The van der Waals surface area contributed by atoms with Gasteiger partial charge in [0.2, 0.25) is 10.0 Å². The predicted octanol–water partition coefficient (Wildman–Crippen LogP) is 1.55. The number of hydrogen-bond donors (Lipinski definition) is 1. The molecule has 23 heavy (non-hydrogen) atoms. The lowest BCUT2D eigenvalue weighted by molar-refractivity contribution is 0.258. The van der Waals surface area contributed by atoms with E-state index in [-0.39, 0.29) is 16.5 Å². The highest BCUT2D eigenvalue weighted by molar-refractivity contribution is 7.89. The minimum absolute atomic E-state index is 0.00326. The normalized spacial score (nSPS) is 19.9. The van der Waals surface area contributed by atoms with E-state index in [9.17, 15) is 12.8 Å². The van der Waals surface area contributed by atoms with Crippen LogP contribution in [0.2, 0.25) is 5.02 Å². The minimum Gasteiger partial charge on any atom is -0.337 e. The van der Waals surface area contributed by atoms with Crippen molar-refractivity contribution in [1.29, 1.82) is 0 Å². The first kappa shape index (κ1) is 16.4. The fourth-order valence-corrected chi connectivity index (χ4v) is 4.77. The second-order valence-electron chi connectivity index (χ2n) is 5.31. The van der Waals surface area contributed by atoms with E-state index >= 15 is 0 Å². The molecule has 0 bridgehead atoms. The van der Waals surface area contributed by atoms with E-state index in [1.165, 1.54) is 10.4 Å². The second-order valence-corrected chi connectivity index (χ2v) is 7.57. The Bertz CT molecular complexity index is 824. The molecule has 0 radical (unpaired) electrons. The third-order valence-corrected chi connectivity index (χ3v) is 6.22. The van der Waals surface area contributed by atoms with Gasteiger partial charge in [-0.25, -0.2) is 17.8 Å². The SMILES string of the molecule is Cn1ccnc1C1CNCCN1S(=O)(=O)c1cc(F)ccc1Cl. The third kappa shape index (κ3) is 2.99. The van der Waals surface area contributed by atoms with Gasteiger partial charge in [0.25, 0.3) is 0 Å². The molecule has 1 saturated heterocycles. The topological polar surface area (TPSA) is 67.2 Å². The first-order valence-electron chi connectivity index (χ1n) is 7.06. The van der Waals surface area contributed by atoms with Gasteiger partial charge >= 0.3 is 0 Å². The van der Waals surface area contributed by atoms with Crippen LogP contribution in [0.5, 0.6) is 0 Å². The van der Waals surface area contributed by atoms with Crippen LogP contribution in [0.4, 0.5) is 4.39 Å². The van der Waals surface area contributed by atoms with Gasteiger partial charge in [0.15, 0.2) is 0 Å². The standard InChI is InChI=1S/C14H16ClFN4O2S/c1-19-6-5-18-14(19)12-9-17-4-7-20(12)23(21,22)13-8-10(16)2-3-11(13)15/h2-3,5-6,8,12,17H,4,7,9H2,1H3. The Morgan fingerprint density at radius 2 is 2.22 bits per heavy atom. The van der Waals surface area contributed by atoms with Crippen molar-refractivity contribution in [3.63, 3.8) is 0 Å². The average molecular weight is 359 g/mol. The number of nitrogens with zero attached hydrogens (tertiary/aromatic N) is 3. The molecule has 1 atom stereocenters. The molecule has 124 valence electrons. The zero-order chi connectivity index (χ0) is 16.6. The number of sulfonamides is 1. The Hall–Kier alpha value is -1.48. The van der Waals surface area contributed by atoms with Gasteiger partial charge in [0.05, 0.1) is 11.1 Å². The van der Waals surface area contributed by atoms with Crippen molar-refractivity contribution >= 4 is 21.6 Å². The molecule has 9 heteroatoms. The zero-order valence-electron chi connectivity index (χ0n) is 12.4. The lowest BCUT2D eigenvalue weighted by atomic mass is 10.2. The summed E-state index contributed by atoms with van der Waals surface area (Å²) in [4.78, 5) is 4.02. The maximum Gasteiger partial charge on any atom is 0.245 e. The number of rotatable bonds is 3. The Labute approximate surface area is 138 Å². The first-order valence-corrected chi connectivity index (χ1v) is 8.88. The molecule has 1 aromatic carbocycles. The van der Waals surface area contributed by atoms with E-state index in [0.29, 0.717) is 18.9 Å². The Kier molecular flexibility index (Phi) is 4.41. The Morgan fingerprint density at radius 1 is 1.43 bits per heavy atom. The van der Waals surface area contributed by atoms with Crippen molar-refractivity contribution < 1.29 is 12.8 Å². The van der Waals surface area contributed by atoms with E-state index in [1.54, 1.807) is 24.0 Å². The molecule has 0 amide bonds. The van der Waals surface area contributed by atoms with E-state index in [0.717, 1.165) is 12.1 Å². The van der Waals surface area contributed by atoms with Crippen molar-refractivity contribution in [2.75, 3.05) is 19.6 Å². The van der Waals surface area contributed by atoms with E-state index in [2.05, 4.69) is 10.3 Å². The zero-order valence-corrected chi connectivity index (χ0v) is 14.0. The number of halogens is 2. The van der Waals surface area contributed by atoms with Gasteiger partial charge in [0, 0.05) is 39.1 Å². The summed E-state index contributed by atoms with van der Waals surface area (Å²) in [7, 11) is -2.14.